The minimum absolute atomic E-state index is 0.0914. The molecule has 1 aliphatic heterocycles. The molecule has 0 aromatic carbocycles. The predicted molar refractivity (Wildman–Crippen MR) is 49.6 cm³/mol. The lowest BCUT2D eigenvalue weighted by Crippen LogP contribution is -2.34. The average molecular weight is 176 g/mol. The van der Waals surface area contributed by atoms with Gasteiger partial charge in [-0.25, -0.2) is 0 Å². The van der Waals surface area contributed by atoms with E-state index < -0.39 is 0 Å². The maximum absolute atomic E-state index is 11.6. The van der Waals surface area contributed by atoms with Gasteiger partial charge in [0.05, 0.1) is 11.3 Å². The molecule has 0 spiro atoms. The SMILES string of the molecule is Cc1ccc2c(n1)CCN(C)C2=O. The highest BCUT2D eigenvalue weighted by atomic mass is 16.2. The van der Waals surface area contributed by atoms with Crippen LogP contribution in [0.25, 0.3) is 0 Å². The van der Waals surface area contributed by atoms with E-state index in [1.165, 1.54) is 0 Å². The summed E-state index contributed by atoms with van der Waals surface area (Å²) in [5, 5.41) is 0. The fourth-order valence-electron chi connectivity index (χ4n) is 1.58. The Morgan fingerprint density at radius 1 is 1.46 bits per heavy atom. The first-order chi connectivity index (χ1) is 6.18. The van der Waals surface area contributed by atoms with Crippen molar-refractivity contribution in [2.75, 3.05) is 13.6 Å². The number of carbonyl (C=O) groups is 1. The Balaban J connectivity index is 2.50. The van der Waals surface area contributed by atoms with Crippen molar-refractivity contribution in [3.05, 3.63) is 29.1 Å². The van der Waals surface area contributed by atoms with E-state index in [4.69, 9.17) is 0 Å². The molecule has 68 valence electrons. The number of carbonyl (C=O) groups excluding carboxylic acids is 1. The van der Waals surface area contributed by atoms with Crippen molar-refractivity contribution < 1.29 is 4.79 Å². The van der Waals surface area contributed by atoms with Crippen molar-refractivity contribution in [3.8, 4) is 0 Å². The minimum Gasteiger partial charge on any atom is -0.341 e. The maximum atomic E-state index is 11.6. The second kappa shape index (κ2) is 2.83. The van der Waals surface area contributed by atoms with Crippen LogP contribution in [-0.4, -0.2) is 29.4 Å². The fraction of sp³-hybridized carbons (Fsp3) is 0.400. The summed E-state index contributed by atoms with van der Waals surface area (Å²) in [6.07, 6.45) is 0.874. The molecule has 0 bridgehead atoms. The van der Waals surface area contributed by atoms with Crippen LogP contribution < -0.4 is 0 Å². The van der Waals surface area contributed by atoms with Gasteiger partial charge in [0.25, 0.3) is 5.91 Å². The lowest BCUT2D eigenvalue weighted by molar-refractivity contribution is 0.0779. The molecule has 1 amide bonds. The van der Waals surface area contributed by atoms with Gasteiger partial charge in [0.15, 0.2) is 0 Å². The number of fused-ring (bicyclic) bond motifs is 1. The molecular formula is C10H12N2O. The highest BCUT2D eigenvalue weighted by Gasteiger charge is 2.21. The van der Waals surface area contributed by atoms with E-state index >= 15 is 0 Å². The number of hydrogen-bond acceptors (Lipinski definition) is 2. The van der Waals surface area contributed by atoms with Gasteiger partial charge in [-0.15, -0.1) is 0 Å². The van der Waals surface area contributed by atoms with Crippen LogP contribution in [0.5, 0.6) is 0 Å². The normalized spacial score (nSPS) is 15.8. The first kappa shape index (κ1) is 8.23. The lowest BCUT2D eigenvalue weighted by atomic mass is 10.1. The van der Waals surface area contributed by atoms with Gasteiger partial charge in [0.2, 0.25) is 0 Å². The standard InChI is InChI=1S/C10H12N2O/c1-7-3-4-8-9(11-7)5-6-12(2)10(8)13/h3-4H,5-6H2,1-2H3. The monoisotopic (exact) mass is 176 g/mol. The zero-order valence-electron chi connectivity index (χ0n) is 7.87. The highest BCUT2D eigenvalue weighted by molar-refractivity contribution is 5.96. The quantitative estimate of drug-likeness (QED) is 0.591. The molecule has 1 aromatic heterocycles. The number of hydrogen-bond donors (Lipinski definition) is 0. The third kappa shape index (κ3) is 1.30. The van der Waals surface area contributed by atoms with Crippen molar-refractivity contribution in [2.45, 2.75) is 13.3 Å². The molecule has 0 aliphatic carbocycles. The summed E-state index contributed by atoms with van der Waals surface area (Å²) in [6.45, 7) is 2.73. The Bertz CT molecular complexity index is 360. The van der Waals surface area contributed by atoms with Crippen molar-refractivity contribution >= 4 is 5.91 Å². The van der Waals surface area contributed by atoms with Crippen molar-refractivity contribution in [3.63, 3.8) is 0 Å². The summed E-state index contributed by atoms with van der Waals surface area (Å²) < 4.78 is 0. The molecular weight excluding hydrogens is 164 g/mol. The third-order valence-corrected chi connectivity index (χ3v) is 2.37. The van der Waals surface area contributed by atoms with Gasteiger partial charge in [-0.1, -0.05) is 0 Å². The number of amides is 1. The Morgan fingerprint density at radius 3 is 3.00 bits per heavy atom. The van der Waals surface area contributed by atoms with Gasteiger partial charge in [0, 0.05) is 25.7 Å². The summed E-state index contributed by atoms with van der Waals surface area (Å²) in [7, 11) is 1.82. The molecule has 13 heavy (non-hydrogen) atoms. The van der Waals surface area contributed by atoms with Crippen molar-refractivity contribution in [1.29, 1.82) is 0 Å². The zero-order valence-corrected chi connectivity index (χ0v) is 7.87. The van der Waals surface area contributed by atoms with Crippen LogP contribution in [0.4, 0.5) is 0 Å². The Labute approximate surface area is 77.4 Å². The topological polar surface area (TPSA) is 33.2 Å². The number of aryl methyl sites for hydroxylation is 1. The van der Waals surface area contributed by atoms with E-state index in [2.05, 4.69) is 4.98 Å². The van der Waals surface area contributed by atoms with Crippen LogP contribution in [0.15, 0.2) is 12.1 Å². The van der Waals surface area contributed by atoms with Gasteiger partial charge in [-0.05, 0) is 19.1 Å². The summed E-state index contributed by atoms with van der Waals surface area (Å²) in [6, 6.07) is 3.76. The Morgan fingerprint density at radius 2 is 2.23 bits per heavy atom. The second-order valence-corrected chi connectivity index (χ2v) is 3.42. The molecule has 0 radical (unpaired) electrons. The van der Waals surface area contributed by atoms with Crippen LogP contribution in [0.2, 0.25) is 0 Å². The summed E-state index contributed by atoms with van der Waals surface area (Å²) >= 11 is 0. The largest absolute Gasteiger partial charge is 0.341 e. The smallest absolute Gasteiger partial charge is 0.255 e. The first-order valence-corrected chi connectivity index (χ1v) is 4.40. The summed E-state index contributed by atoms with van der Waals surface area (Å²) in [5.41, 5.74) is 2.69. The Hall–Kier alpha value is -1.38. The molecule has 3 nitrogen and oxygen atoms in total. The molecule has 1 aliphatic rings. The summed E-state index contributed by atoms with van der Waals surface area (Å²) in [4.78, 5) is 17.7. The predicted octanol–water partition coefficient (Wildman–Crippen LogP) is 1.02. The third-order valence-electron chi connectivity index (χ3n) is 2.37. The van der Waals surface area contributed by atoms with Gasteiger partial charge >= 0.3 is 0 Å². The van der Waals surface area contributed by atoms with Crippen LogP contribution in [0.3, 0.4) is 0 Å². The first-order valence-electron chi connectivity index (χ1n) is 4.40. The Kier molecular flexibility index (Phi) is 1.79. The van der Waals surface area contributed by atoms with Crippen molar-refractivity contribution in [2.24, 2.45) is 0 Å². The molecule has 0 saturated heterocycles. The number of likely N-dealkylation sites (N-methyl/N-ethyl adjacent to an activating group) is 1. The molecule has 0 atom stereocenters. The molecule has 0 N–H and O–H groups in total. The molecule has 0 unspecified atom stereocenters. The summed E-state index contributed by atoms with van der Waals surface area (Å²) in [5.74, 6) is 0.0914. The van der Waals surface area contributed by atoms with Crippen molar-refractivity contribution in [1.82, 2.24) is 9.88 Å². The van der Waals surface area contributed by atoms with E-state index in [9.17, 15) is 4.79 Å². The maximum Gasteiger partial charge on any atom is 0.255 e. The highest BCUT2D eigenvalue weighted by Crippen LogP contribution is 2.15. The van der Waals surface area contributed by atoms with Crippen LogP contribution in [0.1, 0.15) is 21.7 Å². The van der Waals surface area contributed by atoms with Crippen LogP contribution >= 0.6 is 0 Å². The van der Waals surface area contributed by atoms with Gasteiger partial charge in [0.1, 0.15) is 0 Å². The fourth-order valence-corrected chi connectivity index (χ4v) is 1.58. The van der Waals surface area contributed by atoms with Gasteiger partial charge in [-0.3, -0.25) is 9.78 Å². The van der Waals surface area contributed by atoms with E-state index in [0.717, 1.165) is 29.9 Å². The molecule has 2 rings (SSSR count). The van der Waals surface area contributed by atoms with Crippen LogP contribution in [-0.2, 0) is 6.42 Å². The van der Waals surface area contributed by atoms with Gasteiger partial charge in [-0.2, -0.15) is 0 Å². The van der Waals surface area contributed by atoms with Crippen LogP contribution in [0, 0.1) is 6.92 Å². The van der Waals surface area contributed by atoms with E-state index in [0.29, 0.717) is 0 Å². The molecule has 2 heterocycles. The van der Waals surface area contributed by atoms with E-state index in [1.807, 2.05) is 26.1 Å². The van der Waals surface area contributed by atoms with E-state index in [1.54, 1.807) is 4.90 Å². The zero-order chi connectivity index (χ0) is 9.42. The molecule has 0 saturated carbocycles. The minimum atomic E-state index is 0.0914. The van der Waals surface area contributed by atoms with Gasteiger partial charge < -0.3 is 4.90 Å². The molecule has 1 aromatic rings. The number of pyridine rings is 1. The average Bonchev–Trinajstić information content (AvgIpc) is 2.12. The number of aromatic nitrogens is 1. The lowest BCUT2D eigenvalue weighted by Gasteiger charge is -2.23. The number of rotatable bonds is 0. The second-order valence-electron chi connectivity index (χ2n) is 3.42. The molecule has 0 fully saturated rings. The molecule has 3 heteroatoms. The van der Waals surface area contributed by atoms with E-state index in [-0.39, 0.29) is 5.91 Å². The number of nitrogens with zero attached hydrogens (tertiary/aromatic N) is 2.